The Morgan fingerprint density at radius 3 is 2.38 bits per heavy atom. The van der Waals surface area contributed by atoms with Crippen molar-refractivity contribution < 1.29 is 14.4 Å². The van der Waals surface area contributed by atoms with Crippen LogP contribution in [-0.4, -0.2) is 60.1 Å². The molecule has 1 saturated heterocycles. The lowest BCUT2D eigenvalue weighted by Crippen LogP contribution is -2.44. The highest BCUT2D eigenvalue weighted by Gasteiger charge is 2.28. The van der Waals surface area contributed by atoms with E-state index in [1.807, 2.05) is 18.7 Å². The molecule has 6 nitrogen and oxygen atoms in total. The van der Waals surface area contributed by atoms with Gasteiger partial charge in [0.2, 0.25) is 11.8 Å². The number of Topliss-reactive ketones (excluding diaryl/α,β-unsaturated/α-hetero) is 1. The number of ketones is 1. The van der Waals surface area contributed by atoms with E-state index in [4.69, 9.17) is 0 Å². The Morgan fingerprint density at radius 2 is 1.81 bits per heavy atom. The first-order valence-corrected chi connectivity index (χ1v) is 9.36. The molecule has 142 valence electrons. The van der Waals surface area contributed by atoms with Crippen LogP contribution in [0.4, 0.5) is 5.69 Å². The summed E-state index contributed by atoms with van der Waals surface area (Å²) in [6.07, 6.45) is 1.59. The molecular weight excluding hydrogens is 330 g/mol. The fraction of sp³-hybridized carbons (Fsp3) is 0.550. The van der Waals surface area contributed by atoms with Crippen LogP contribution >= 0.6 is 0 Å². The van der Waals surface area contributed by atoms with Gasteiger partial charge in [0.25, 0.3) is 0 Å². The van der Waals surface area contributed by atoms with Crippen molar-refractivity contribution in [2.24, 2.45) is 5.92 Å². The minimum Gasteiger partial charge on any atom is -0.343 e. The molecule has 1 fully saturated rings. The molecule has 0 atom stereocenters. The summed E-state index contributed by atoms with van der Waals surface area (Å²) in [5.74, 6) is 0.182. The van der Waals surface area contributed by atoms with E-state index in [1.165, 1.54) is 6.92 Å². The van der Waals surface area contributed by atoms with E-state index in [-0.39, 0.29) is 23.5 Å². The Balaban J connectivity index is 1.82. The van der Waals surface area contributed by atoms with Gasteiger partial charge in [0.05, 0.1) is 6.54 Å². The van der Waals surface area contributed by atoms with Gasteiger partial charge in [-0.2, -0.15) is 0 Å². The van der Waals surface area contributed by atoms with Crippen LogP contribution < -0.4 is 5.32 Å². The van der Waals surface area contributed by atoms with Crippen molar-refractivity contribution >= 4 is 23.3 Å². The van der Waals surface area contributed by atoms with E-state index in [1.54, 1.807) is 24.3 Å². The molecule has 1 aliphatic rings. The fourth-order valence-electron chi connectivity index (χ4n) is 3.35. The van der Waals surface area contributed by atoms with Gasteiger partial charge in [0.1, 0.15) is 0 Å². The molecule has 1 aromatic rings. The van der Waals surface area contributed by atoms with E-state index in [0.29, 0.717) is 17.8 Å². The Labute approximate surface area is 155 Å². The summed E-state index contributed by atoms with van der Waals surface area (Å²) in [4.78, 5) is 40.1. The van der Waals surface area contributed by atoms with E-state index >= 15 is 0 Å². The van der Waals surface area contributed by atoms with Gasteiger partial charge in [-0.25, -0.2) is 0 Å². The van der Waals surface area contributed by atoms with Gasteiger partial charge < -0.3 is 10.2 Å². The largest absolute Gasteiger partial charge is 0.343 e. The van der Waals surface area contributed by atoms with Crippen LogP contribution in [0.25, 0.3) is 0 Å². The molecule has 26 heavy (non-hydrogen) atoms. The Bertz CT molecular complexity index is 647. The van der Waals surface area contributed by atoms with Crippen molar-refractivity contribution in [3.05, 3.63) is 29.8 Å². The number of carbonyl (C=O) groups excluding carboxylic acids is 3. The van der Waals surface area contributed by atoms with Gasteiger partial charge >= 0.3 is 0 Å². The smallest absolute Gasteiger partial charge is 0.238 e. The van der Waals surface area contributed by atoms with E-state index in [0.717, 1.165) is 39.0 Å². The van der Waals surface area contributed by atoms with Crippen LogP contribution in [0.5, 0.6) is 0 Å². The lowest BCUT2D eigenvalue weighted by Gasteiger charge is -2.33. The zero-order valence-corrected chi connectivity index (χ0v) is 16.0. The summed E-state index contributed by atoms with van der Waals surface area (Å²) in [5, 5.41) is 2.85. The molecule has 1 aromatic carbocycles. The maximum absolute atomic E-state index is 12.4. The van der Waals surface area contributed by atoms with Gasteiger partial charge in [-0.1, -0.05) is 12.1 Å². The van der Waals surface area contributed by atoms with Crippen LogP contribution in [0.1, 0.15) is 44.0 Å². The first-order chi connectivity index (χ1) is 12.4. The van der Waals surface area contributed by atoms with E-state index in [2.05, 4.69) is 10.2 Å². The maximum atomic E-state index is 12.4. The number of carbonyl (C=O) groups is 3. The van der Waals surface area contributed by atoms with Crippen molar-refractivity contribution in [2.75, 3.05) is 38.0 Å². The van der Waals surface area contributed by atoms with E-state index in [9.17, 15) is 14.4 Å². The Morgan fingerprint density at radius 1 is 1.15 bits per heavy atom. The molecule has 0 aromatic heterocycles. The zero-order valence-electron chi connectivity index (χ0n) is 16.0. The molecule has 0 spiro atoms. The van der Waals surface area contributed by atoms with Crippen LogP contribution in [0.2, 0.25) is 0 Å². The molecule has 1 heterocycles. The number of piperidine rings is 1. The summed E-state index contributed by atoms with van der Waals surface area (Å²) >= 11 is 0. The molecule has 0 aliphatic carbocycles. The normalized spacial score (nSPS) is 15.5. The highest BCUT2D eigenvalue weighted by Crippen LogP contribution is 2.20. The molecule has 6 heteroatoms. The molecular formula is C20H29N3O3. The predicted molar refractivity (Wildman–Crippen MR) is 102 cm³/mol. The number of nitrogens with zero attached hydrogens (tertiary/aromatic N) is 2. The Hall–Kier alpha value is -2.21. The van der Waals surface area contributed by atoms with Crippen molar-refractivity contribution in [2.45, 2.75) is 33.6 Å². The summed E-state index contributed by atoms with van der Waals surface area (Å²) in [7, 11) is 0. The standard InChI is InChI=1S/C20H29N3O3/c1-4-23(5-2)20(26)16-9-11-22(12-10-16)14-19(25)21-18-8-6-7-17(13-18)15(3)24/h6-8,13,16H,4-5,9-12,14H2,1-3H3,(H,21,25). The number of benzene rings is 1. The maximum Gasteiger partial charge on any atom is 0.238 e. The van der Waals surface area contributed by atoms with Gasteiger partial charge in [-0.15, -0.1) is 0 Å². The summed E-state index contributed by atoms with van der Waals surface area (Å²) in [6.45, 7) is 8.80. The predicted octanol–water partition coefficient (Wildman–Crippen LogP) is 2.41. The number of amides is 2. The zero-order chi connectivity index (χ0) is 19.1. The molecule has 2 amide bonds. The third-order valence-electron chi connectivity index (χ3n) is 4.93. The summed E-state index contributed by atoms with van der Waals surface area (Å²) < 4.78 is 0. The van der Waals surface area contributed by atoms with Gasteiger partial charge in [-0.3, -0.25) is 19.3 Å². The summed E-state index contributed by atoms with van der Waals surface area (Å²) in [5.41, 5.74) is 1.22. The second-order valence-electron chi connectivity index (χ2n) is 6.75. The SMILES string of the molecule is CCN(CC)C(=O)C1CCN(CC(=O)Nc2cccc(C(C)=O)c2)CC1. The number of likely N-dealkylation sites (tertiary alicyclic amines) is 1. The second-order valence-corrected chi connectivity index (χ2v) is 6.75. The number of nitrogens with one attached hydrogen (secondary N) is 1. The van der Waals surface area contributed by atoms with Crippen LogP contribution in [0.3, 0.4) is 0 Å². The monoisotopic (exact) mass is 359 g/mol. The molecule has 0 bridgehead atoms. The molecule has 1 aliphatic heterocycles. The van der Waals surface area contributed by atoms with Crippen molar-refractivity contribution in [1.29, 1.82) is 0 Å². The lowest BCUT2D eigenvalue weighted by molar-refractivity contribution is -0.136. The number of anilines is 1. The fourth-order valence-corrected chi connectivity index (χ4v) is 3.35. The number of rotatable bonds is 7. The van der Waals surface area contributed by atoms with Crippen molar-refractivity contribution in [1.82, 2.24) is 9.80 Å². The van der Waals surface area contributed by atoms with Gasteiger partial charge in [0, 0.05) is 30.3 Å². The third kappa shape index (κ3) is 5.39. The molecule has 0 saturated carbocycles. The highest BCUT2D eigenvalue weighted by molar-refractivity contribution is 5.97. The van der Waals surface area contributed by atoms with Gasteiger partial charge in [-0.05, 0) is 58.8 Å². The van der Waals surface area contributed by atoms with Crippen LogP contribution in [0.15, 0.2) is 24.3 Å². The molecule has 0 unspecified atom stereocenters. The minimum atomic E-state index is -0.0979. The summed E-state index contributed by atoms with van der Waals surface area (Å²) in [6, 6.07) is 6.96. The minimum absolute atomic E-state index is 0.0268. The third-order valence-corrected chi connectivity index (χ3v) is 4.93. The molecule has 1 N–H and O–H groups in total. The Kier molecular flexibility index (Phi) is 7.33. The van der Waals surface area contributed by atoms with Gasteiger partial charge in [0.15, 0.2) is 5.78 Å². The highest BCUT2D eigenvalue weighted by atomic mass is 16.2. The quantitative estimate of drug-likeness (QED) is 0.759. The van der Waals surface area contributed by atoms with Crippen molar-refractivity contribution in [3.8, 4) is 0 Å². The van der Waals surface area contributed by atoms with E-state index < -0.39 is 0 Å². The lowest BCUT2D eigenvalue weighted by atomic mass is 9.95. The average molecular weight is 359 g/mol. The van der Waals surface area contributed by atoms with Crippen molar-refractivity contribution in [3.63, 3.8) is 0 Å². The topological polar surface area (TPSA) is 69.7 Å². The average Bonchev–Trinajstić information content (AvgIpc) is 2.63. The first-order valence-electron chi connectivity index (χ1n) is 9.36. The first kappa shape index (κ1) is 20.1. The molecule has 0 radical (unpaired) electrons. The van der Waals surface area contributed by atoms with Crippen LogP contribution in [-0.2, 0) is 9.59 Å². The molecule has 2 rings (SSSR count). The number of hydrogen-bond donors (Lipinski definition) is 1. The second kappa shape index (κ2) is 9.48. The van der Waals surface area contributed by atoms with Crippen LogP contribution in [0, 0.1) is 5.92 Å². The number of hydrogen-bond acceptors (Lipinski definition) is 4.